The van der Waals surface area contributed by atoms with Gasteiger partial charge in [0.1, 0.15) is 5.01 Å². The molecular weight excluding hydrogens is 242 g/mol. The van der Waals surface area contributed by atoms with Crippen molar-refractivity contribution in [3.8, 4) is 10.6 Å². The molecule has 1 aliphatic heterocycles. The summed E-state index contributed by atoms with van der Waals surface area (Å²) in [5.74, 6) is 0. The van der Waals surface area contributed by atoms with E-state index in [1.165, 1.54) is 41.9 Å². The van der Waals surface area contributed by atoms with Crippen LogP contribution in [0.1, 0.15) is 29.8 Å². The minimum absolute atomic E-state index is 0.650. The molecule has 0 saturated carbocycles. The van der Waals surface area contributed by atoms with Crippen LogP contribution in [0.5, 0.6) is 0 Å². The van der Waals surface area contributed by atoms with Crippen molar-refractivity contribution in [3.05, 3.63) is 29.0 Å². The van der Waals surface area contributed by atoms with Gasteiger partial charge < -0.3 is 10.3 Å². The van der Waals surface area contributed by atoms with Crippen LogP contribution in [0.4, 0.5) is 0 Å². The maximum atomic E-state index is 4.69. The summed E-state index contributed by atoms with van der Waals surface area (Å²) in [6, 6.07) is 2.73. The number of rotatable bonds is 3. The van der Waals surface area contributed by atoms with Crippen LogP contribution in [0.25, 0.3) is 10.6 Å². The molecule has 0 bridgehead atoms. The van der Waals surface area contributed by atoms with Crippen LogP contribution in [0.15, 0.2) is 18.5 Å². The summed E-state index contributed by atoms with van der Waals surface area (Å²) in [5, 5.41) is 4.75. The Morgan fingerprint density at radius 1 is 1.44 bits per heavy atom. The number of aryl methyl sites for hydroxylation is 1. The Hall–Kier alpha value is -1.13. The third kappa shape index (κ3) is 2.49. The van der Waals surface area contributed by atoms with Gasteiger partial charge in [0.05, 0.1) is 5.69 Å². The average molecular weight is 261 g/mol. The molecule has 0 aromatic carbocycles. The molecule has 1 atom stereocenters. The molecule has 3 nitrogen and oxygen atoms in total. The van der Waals surface area contributed by atoms with E-state index < -0.39 is 0 Å². The van der Waals surface area contributed by atoms with Gasteiger partial charge in [-0.2, -0.15) is 0 Å². The van der Waals surface area contributed by atoms with Gasteiger partial charge in [-0.05, 0) is 38.8 Å². The fourth-order valence-electron chi connectivity index (χ4n) is 2.52. The number of hydrogen-bond acceptors (Lipinski definition) is 3. The standard InChI is InChI=1S/C14H19N3S/c1-10-13(8-12-4-2-3-6-16-12)18-14(17-10)11-5-7-15-9-11/h5,7,9,12,15-16H,2-4,6,8H2,1H3. The van der Waals surface area contributed by atoms with E-state index in [9.17, 15) is 0 Å². The third-order valence-electron chi connectivity index (χ3n) is 3.58. The molecule has 3 heterocycles. The molecular formula is C14H19N3S. The summed E-state index contributed by atoms with van der Waals surface area (Å²) >= 11 is 1.84. The lowest BCUT2D eigenvalue weighted by atomic mass is 10.0. The molecule has 1 saturated heterocycles. The fourth-order valence-corrected chi connectivity index (χ4v) is 3.66. The van der Waals surface area contributed by atoms with E-state index in [4.69, 9.17) is 0 Å². The molecule has 1 fully saturated rings. The molecule has 1 aliphatic rings. The molecule has 2 N–H and O–H groups in total. The second-order valence-corrected chi connectivity index (χ2v) is 6.06. The Bertz CT molecular complexity index is 495. The number of aromatic amines is 1. The van der Waals surface area contributed by atoms with Crippen LogP contribution in [0.3, 0.4) is 0 Å². The molecule has 0 spiro atoms. The Morgan fingerprint density at radius 3 is 3.11 bits per heavy atom. The maximum Gasteiger partial charge on any atom is 0.125 e. The Labute approximate surface area is 112 Å². The normalized spacial score (nSPS) is 20.2. The SMILES string of the molecule is Cc1nc(-c2cc[nH]c2)sc1CC1CCCCN1. The zero-order valence-electron chi connectivity index (χ0n) is 10.7. The van der Waals surface area contributed by atoms with Crippen LogP contribution >= 0.6 is 11.3 Å². The van der Waals surface area contributed by atoms with Crippen molar-refractivity contribution < 1.29 is 0 Å². The molecule has 18 heavy (non-hydrogen) atoms. The number of nitrogens with one attached hydrogen (secondary N) is 2. The van der Waals surface area contributed by atoms with Crippen LogP contribution < -0.4 is 5.32 Å². The van der Waals surface area contributed by atoms with Crippen molar-refractivity contribution in [2.45, 2.75) is 38.6 Å². The molecule has 0 radical (unpaired) electrons. The van der Waals surface area contributed by atoms with Gasteiger partial charge in [-0.25, -0.2) is 4.98 Å². The van der Waals surface area contributed by atoms with E-state index in [0.717, 1.165) is 11.4 Å². The van der Waals surface area contributed by atoms with Crippen LogP contribution in [0.2, 0.25) is 0 Å². The van der Waals surface area contributed by atoms with Gasteiger partial charge in [-0.15, -0.1) is 11.3 Å². The number of aromatic nitrogens is 2. The van der Waals surface area contributed by atoms with E-state index in [2.05, 4.69) is 28.3 Å². The van der Waals surface area contributed by atoms with E-state index >= 15 is 0 Å². The van der Waals surface area contributed by atoms with Crippen molar-refractivity contribution in [1.29, 1.82) is 0 Å². The van der Waals surface area contributed by atoms with Gasteiger partial charge in [0, 0.05) is 28.9 Å². The number of piperidine rings is 1. The summed E-state index contributed by atoms with van der Waals surface area (Å²) < 4.78 is 0. The van der Waals surface area contributed by atoms with Gasteiger partial charge in [0.2, 0.25) is 0 Å². The summed E-state index contributed by atoms with van der Waals surface area (Å²) in [5.41, 5.74) is 2.40. The third-order valence-corrected chi connectivity index (χ3v) is 4.81. The molecule has 2 aromatic rings. The second-order valence-electron chi connectivity index (χ2n) is 4.98. The van der Waals surface area contributed by atoms with Crippen LogP contribution in [-0.4, -0.2) is 22.6 Å². The highest BCUT2D eigenvalue weighted by molar-refractivity contribution is 7.15. The zero-order valence-corrected chi connectivity index (χ0v) is 11.5. The number of hydrogen-bond donors (Lipinski definition) is 2. The van der Waals surface area contributed by atoms with Gasteiger partial charge in [0.25, 0.3) is 0 Å². The maximum absolute atomic E-state index is 4.69. The molecule has 2 aromatic heterocycles. The monoisotopic (exact) mass is 261 g/mol. The predicted octanol–water partition coefficient (Wildman–Crippen LogP) is 3.13. The minimum Gasteiger partial charge on any atom is -0.367 e. The van der Waals surface area contributed by atoms with E-state index in [-0.39, 0.29) is 0 Å². The highest BCUT2D eigenvalue weighted by Gasteiger charge is 2.17. The topological polar surface area (TPSA) is 40.7 Å². The molecule has 0 aliphatic carbocycles. The van der Waals surface area contributed by atoms with Crippen molar-refractivity contribution in [2.24, 2.45) is 0 Å². The fraction of sp³-hybridized carbons (Fsp3) is 0.500. The summed E-state index contributed by atoms with van der Waals surface area (Å²) in [6.07, 6.45) is 9.09. The second kappa shape index (κ2) is 5.24. The Kier molecular flexibility index (Phi) is 3.48. The van der Waals surface area contributed by atoms with Gasteiger partial charge in [0.15, 0.2) is 0 Å². The Morgan fingerprint density at radius 2 is 2.39 bits per heavy atom. The smallest absolute Gasteiger partial charge is 0.125 e. The molecule has 3 rings (SSSR count). The lowest BCUT2D eigenvalue weighted by Gasteiger charge is -2.22. The number of H-pyrrole nitrogens is 1. The van der Waals surface area contributed by atoms with E-state index in [0.29, 0.717) is 6.04 Å². The highest BCUT2D eigenvalue weighted by atomic mass is 32.1. The Balaban J connectivity index is 1.76. The number of thiazole rings is 1. The van der Waals surface area contributed by atoms with Crippen molar-refractivity contribution >= 4 is 11.3 Å². The van der Waals surface area contributed by atoms with Crippen molar-refractivity contribution in [2.75, 3.05) is 6.54 Å². The first-order valence-electron chi connectivity index (χ1n) is 6.66. The lowest BCUT2D eigenvalue weighted by Crippen LogP contribution is -2.35. The zero-order chi connectivity index (χ0) is 12.4. The first-order chi connectivity index (χ1) is 8.83. The predicted molar refractivity (Wildman–Crippen MR) is 76.0 cm³/mol. The van der Waals surface area contributed by atoms with Crippen LogP contribution in [-0.2, 0) is 6.42 Å². The molecule has 1 unspecified atom stereocenters. The first-order valence-corrected chi connectivity index (χ1v) is 7.47. The lowest BCUT2D eigenvalue weighted by molar-refractivity contribution is 0.400. The molecule has 4 heteroatoms. The van der Waals surface area contributed by atoms with Crippen molar-refractivity contribution in [3.63, 3.8) is 0 Å². The molecule has 96 valence electrons. The minimum atomic E-state index is 0.650. The van der Waals surface area contributed by atoms with E-state index in [1.54, 1.807) is 0 Å². The quantitative estimate of drug-likeness (QED) is 0.891. The summed E-state index contributed by atoms with van der Waals surface area (Å²) in [6.45, 7) is 3.30. The average Bonchev–Trinajstić information content (AvgIpc) is 3.01. The van der Waals surface area contributed by atoms with Gasteiger partial charge in [-0.3, -0.25) is 0 Å². The molecule has 0 amide bonds. The van der Waals surface area contributed by atoms with Gasteiger partial charge >= 0.3 is 0 Å². The highest BCUT2D eigenvalue weighted by Crippen LogP contribution is 2.29. The van der Waals surface area contributed by atoms with E-state index in [1.807, 2.05) is 23.7 Å². The largest absolute Gasteiger partial charge is 0.367 e. The van der Waals surface area contributed by atoms with Crippen molar-refractivity contribution in [1.82, 2.24) is 15.3 Å². The number of nitrogens with zero attached hydrogens (tertiary/aromatic N) is 1. The van der Waals surface area contributed by atoms with Crippen LogP contribution in [0, 0.1) is 6.92 Å². The summed E-state index contributed by atoms with van der Waals surface area (Å²) in [4.78, 5) is 9.22. The summed E-state index contributed by atoms with van der Waals surface area (Å²) in [7, 11) is 0. The van der Waals surface area contributed by atoms with Gasteiger partial charge in [-0.1, -0.05) is 6.42 Å². The first kappa shape index (κ1) is 11.9.